The van der Waals surface area contributed by atoms with Crippen LogP contribution in [0.4, 0.5) is 0 Å². The molecule has 0 amide bonds. The lowest BCUT2D eigenvalue weighted by Gasteiger charge is -2.24. The molecule has 1 aromatic heterocycles. The highest BCUT2D eigenvalue weighted by Gasteiger charge is 2.14. The summed E-state index contributed by atoms with van der Waals surface area (Å²) in [6, 6.07) is 16.2. The van der Waals surface area contributed by atoms with Crippen LogP contribution in [-0.4, -0.2) is 21.9 Å². The Kier molecular flexibility index (Phi) is 4.26. The molecule has 3 aromatic rings. The van der Waals surface area contributed by atoms with Gasteiger partial charge in [0.05, 0.1) is 17.4 Å². The average molecular weight is 307 g/mol. The van der Waals surface area contributed by atoms with Crippen molar-refractivity contribution in [3.8, 4) is 0 Å². The van der Waals surface area contributed by atoms with E-state index in [1.165, 1.54) is 5.56 Å². The first-order valence-electron chi connectivity index (χ1n) is 7.80. The Balaban J connectivity index is 1.89. The number of benzene rings is 2. The number of aromatic nitrogens is 2. The molecule has 2 aromatic carbocycles. The Morgan fingerprint density at radius 2 is 1.87 bits per heavy atom. The van der Waals surface area contributed by atoms with Gasteiger partial charge in [-0.1, -0.05) is 42.5 Å². The van der Waals surface area contributed by atoms with Crippen molar-refractivity contribution in [2.45, 2.75) is 26.4 Å². The Morgan fingerprint density at radius 1 is 1.13 bits per heavy atom. The van der Waals surface area contributed by atoms with Crippen molar-refractivity contribution in [3.05, 3.63) is 75.8 Å². The first-order valence-corrected chi connectivity index (χ1v) is 7.80. The first kappa shape index (κ1) is 15.4. The molecule has 0 spiro atoms. The van der Waals surface area contributed by atoms with E-state index < -0.39 is 0 Å². The monoisotopic (exact) mass is 307 g/mol. The van der Waals surface area contributed by atoms with Gasteiger partial charge in [0.25, 0.3) is 5.56 Å². The van der Waals surface area contributed by atoms with E-state index in [1.54, 1.807) is 0 Å². The van der Waals surface area contributed by atoms with Crippen LogP contribution in [0.1, 0.15) is 29.9 Å². The minimum absolute atomic E-state index is 0.0746. The van der Waals surface area contributed by atoms with Gasteiger partial charge >= 0.3 is 0 Å². The molecule has 1 heterocycles. The van der Waals surface area contributed by atoms with Gasteiger partial charge in [0, 0.05) is 6.04 Å². The molecule has 3 rings (SSSR count). The number of H-pyrrole nitrogens is 1. The van der Waals surface area contributed by atoms with Crippen molar-refractivity contribution in [2.75, 3.05) is 7.05 Å². The van der Waals surface area contributed by atoms with Crippen LogP contribution in [-0.2, 0) is 6.54 Å². The fraction of sp³-hybridized carbons (Fsp3) is 0.263. The van der Waals surface area contributed by atoms with Gasteiger partial charge in [-0.2, -0.15) is 0 Å². The second-order valence-electron chi connectivity index (χ2n) is 5.99. The van der Waals surface area contributed by atoms with Crippen LogP contribution in [0.15, 0.2) is 53.3 Å². The maximum absolute atomic E-state index is 12.3. The number of nitrogens with one attached hydrogen (secondary N) is 1. The number of rotatable bonds is 4. The van der Waals surface area contributed by atoms with Gasteiger partial charge in [-0.05, 0) is 38.1 Å². The summed E-state index contributed by atoms with van der Waals surface area (Å²) in [6.45, 7) is 4.73. The van der Waals surface area contributed by atoms with E-state index in [0.717, 1.165) is 11.1 Å². The number of nitrogens with zero attached hydrogens (tertiary/aromatic N) is 2. The molecular weight excluding hydrogens is 286 g/mol. The van der Waals surface area contributed by atoms with E-state index >= 15 is 0 Å². The standard InChI is InChI=1S/C19H21N3O/c1-13-8-7-11-16-18(13)20-17(21-19(16)23)12-22(3)14(2)15-9-5-4-6-10-15/h4-11,14H,12H2,1-3H3,(H,20,21,23)/t14-/m1/s1. The van der Waals surface area contributed by atoms with Gasteiger partial charge in [-0.3, -0.25) is 9.69 Å². The summed E-state index contributed by atoms with van der Waals surface area (Å²) < 4.78 is 0. The fourth-order valence-corrected chi connectivity index (χ4v) is 2.79. The van der Waals surface area contributed by atoms with Crippen LogP contribution in [0.2, 0.25) is 0 Å². The summed E-state index contributed by atoms with van der Waals surface area (Å²) in [5.41, 5.74) is 2.98. The molecule has 0 bridgehead atoms. The molecule has 0 fully saturated rings. The lowest BCUT2D eigenvalue weighted by atomic mass is 10.1. The van der Waals surface area contributed by atoms with Gasteiger partial charge in [0.15, 0.2) is 0 Å². The summed E-state index contributed by atoms with van der Waals surface area (Å²) in [6.07, 6.45) is 0. The highest BCUT2D eigenvalue weighted by molar-refractivity contribution is 5.80. The van der Waals surface area contributed by atoms with E-state index in [4.69, 9.17) is 0 Å². The van der Waals surface area contributed by atoms with Gasteiger partial charge in [-0.25, -0.2) is 4.98 Å². The second-order valence-corrected chi connectivity index (χ2v) is 5.99. The average Bonchev–Trinajstić information content (AvgIpc) is 2.56. The van der Waals surface area contributed by atoms with Crippen LogP contribution in [0.5, 0.6) is 0 Å². The molecule has 0 saturated carbocycles. The topological polar surface area (TPSA) is 49.0 Å². The van der Waals surface area contributed by atoms with Crippen LogP contribution in [0, 0.1) is 6.92 Å². The fourth-order valence-electron chi connectivity index (χ4n) is 2.79. The zero-order valence-electron chi connectivity index (χ0n) is 13.7. The molecule has 23 heavy (non-hydrogen) atoms. The predicted octanol–water partition coefficient (Wildman–Crippen LogP) is 3.42. The SMILES string of the molecule is Cc1cccc2c(=O)[nH]c(CN(C)[C@H](C)c3ccccc3)nc12. The number of para-hydroxylation sites is 1. The van der Waals surface area contributed by atoms with Crippen molar-refractivity contribution in [1.29, 1.82) is 0 Å². The summed E-state index contributed by atoms with van der Waals surface area (Å²) >= 11 is 0. The molecule has 118 valence electrons. The van der Waals surface area contributed by atoms with Crippen LogP contribution >= 0.6 is 0 Å². The third kappa shape index (κ3) is 3.17. The van der Waals surface area contributed by atoms with Crippen molar-refractivity contribution >= 4 is 10.9 Å². The van der Waals surface area contributed by atoms with Gasteiger partial charge in [0.1, 0.15) is 5.82 Å². The predicted molar refractivity (Wildman–Crippen MR) is 93.4 cm³/mol. The van der Waals surface area contributed by atoms with Crippen LogP contribution < -0.4 is 5.56 Å². The third-order valence-corrected chi connectivity index (χ3v) is 4.33. The molecule has 0 aliphatic heterocycles. The molecule has 4 heteroatoms. The van der Waals surface area contributed by atoms with Crippen LogP contribution in [0.25, 0.3) is 10.9 Å². The van der Waals surface area contributed by atoms with E-state index in [2.05, 4.69) is 33.9 Å². The second kappa shape index (κ2) is 6.34. The molecule has 0 aliphatic carbocycles. The number of hydrogen-bond acceptors (Lipinski definition) is 3. The Bertz CT molecular complexity index is 871. The molecule has 0 aliphatic rings. The van der Waals surface area contributed by atoms with E-state index in [0.29, 0.717) is 17.8 Å². The number of hydrogen-bond donors (Lipinski definition) is 1. The zero-order valence-corrected chi connectivity index (χ0v) is 13.7. The van der Waals surface area contributed by atoms with Crippen molar-refractivity contribution in [2.24, 2.45) is 0 Å². The minimum Gasteiger partial charge on any atom is -0.309 e. The highest BCUT2D eigenvalue weighted by Crippen LogP contribution is 2.20. The maximum atomic E-state index is 12.3. The summed E-state index contributed by atoms with van der Waals surface area (Å²) in [5.74, 6) is 0.696. The Labute approximate surface area is 135 Å². The molecule has 0 radical (unpaired) electrons. The van der Waals surface area contributed by atoms with Gasteiger partial charge < -0.3 is 4.98 Å². The molecule has 1 atom stereocenters. The minimum atomic E-state index is -0.0746. The van der Waals surface area contributed by atoms with Crippen molar-refractivity contribution < 1.29 is 0 Å². The summed E-state index contributed by atoms with van der Waals surface area (Å²) in [5, 5.41) is 0.646. The largest absolute Gasteiger partial charge is 0.309 e. The lowest BCUT2D eigenvalue weighted by molar-refractivity contribution is 0.247. The van der Waals surface area contributed by atoms with Crippen molar-refractivity contribution in [1.82, 2.24) is 14.9 Å². The molecule has 0 saturated heterocycles. The molecule has 1 N–H and O–H groups in total. The molecule has 0 unspecified atom stereocenters. The normalized spacial score (nSPS) is 12.7. The lowest BCUT2D eigenvalue weighted by Crippen LogP contribution is -2.25. The van der Waals surface area contributed by atoms with Gasteiger partial charge in [-0.15, -0.1) is 0 Å². The summed E-state index contributed by atoms with van der Waals surface area (Å²) in [7, 11) is 2.04. The Morgan fingerprint density at radius 3 is 2.61 bits per heavy atom. The highest BCUT2D eigenvalue weighted by atomic mass is 16.1. The Hall–Kier alpha value is -2.46. The van der Waals surface area contributed by atoms with Crippen LogP contribution in [0.3, 0.4) is 0 Å². The quantitative estimate of drug-likeness (QED) is 0.803. The number of fused-ring (bicyclic) bond motifs is 1. The summed E-state index contributed by atoms with van der Waals surface area (Å²) in [4.78, 5) is 22.0. The van der Waals surface area contributed by atoms with E-state index in [-0.39, 0.29) is 11.6 Å². The van der Waals surface area contributed by atoms with Crippen molar-refractivity contribution in [3.63, 3.8) is 0 Å². The van der Waals surface area contributed by atoms with Gasteiger partial charge in [0.2, 0.25) is 0 Å². The third-order valence-electron chi connectivity index (χ3n) is 4.33. The van der Waals surface area contributed by atoms with E-state index in [9.17, 15) is 4.79 Å². The number of aromatic amines is 1. The molecular formula is C19H21N3O. The zero-order chi connectivity index (χ0) is 16.4. The maximum Gasteiger partial charge on any atom is 0.258 e. The smallest absolute Gasteiger partial charge is 0.258 e. The molecule has 4 nitrogen and oxygen atoms in total. The number of aryl methyl sites for hydroxylation is 1. The first-order chi connectivity index (χ1) is 11.1. The van der Waals surface area contributed by atoms with E-state index in [1.807, 2.05) is 50.4 Å².